The average Bonchev–Trinajstić information content (AvgIpc) is 3.35. The summed E-state index contributed by atoms with van der Waals surface area (Å²) in [5, 5.41) is 23.1. The van der Waals surface area contributed by atoms with Gasteiger partial charge in [0.25, 0.3) is 0 Å². The molecule has 4 aromatic rings. The van der Waals surface area contributed by atoms with Gasteiger partial charge in [-0.3, -0.25) is 14.4 Å². The van der Waals surface area contributed by atoms with Gasteiger partial charge in [-0.1, -0.05) is 31.2 Å². The number of carbonyl (C=O) groups is 1. The number of hydrogen-bond donors (Lipinski definition) is 2. The predicted molar refractivity (Wildman–Crippen MR) is 143 cm³/mol. The highest BCUT2D eigenvalue weighted by molar-refractivity contribution is 7.15. The molecule has 0 amide bonds. The third-order valence-corrected chi connectivity index (χ3v) is 8.09. The van der Waals surface area contributed by atoms with Gasteiger partial charge in [-0.25, -0.2) is 4.39 Å². The Morgan fingerprint density at radius 3 is 2.46 bits per heavy atom. The molecule has 37 heavy (non-hydrogen) atoms. The van der Waals surface area contributed by atoms with Crippen molar-refractivity contribution in [2.24, 2.45) is 10.9 Å². The van der Waals surface area contributed by atoms with Gasteiger partial charge in [0, 0.05) is 28.2 Å². The first-order chi connectivity index (χ1) is 17.8. The molecule has 2 aromatic heterocycles. The first-order valence-electron chi connectivity index (χ1n) is 12.2. The number of aliphatic carboxylic acids is 1. The summed E-state index contributed by atoms with van der Waals surface area (Å²) in [4.78, 5) is 18.5. The first kappa shape index (κ1) is 24.8. The van der Waals surface area contributed by atoms with Crippen LogP contribution < -0.4 is 5.32 Å². The molecule has 0 fully saturated rings. The molecule has 0 radical (unpaired) electrons. The van der Waals surface area contributed by atoms with E-state index in [1.54, 1.807) is 23.5 Å². The normalized spacial score (nSPS) is 15.4. The summed E-state index contributed by atoms with van der Waals surface area (Å²) >= 11 is 1.65. The number of halogens is 1. The van der Waals surface area contributed by atoms with Crippen LogP contribution in [0.25, 0.3) is 5.00 Å². The number of carboxylic acids is 1. The van der Waals surface area contributed by atoms with Gasteiger partial charge >= 0.3 is 5.97 Å². The highest BCUT2D eigenvalue weighted by atomic mass is 32.1. The van der Waals surface area contributed by atoms with Gasteiger partial charge in [0.2, 0.25) is 0 Å². The number of aliphatic imine (C=N–C) groups is 1. The minimum absolute atomic E-state index is 0.255. The number of aromatic nitrogens is 3. The molecule has 5 rings (SSSR count). The lowest BCUT2D eigenvalue weighted by Crippen LogP contribution is -2.23. The summed E-state index contributed by atoms with van der Waals surface area (Å²) in [5.74, 6) is -0.623. The van der Waals surface area contributed by atoms with Crippen molar-refractivity contribution in [2.45, 2.75) is 46.7 Å². The van der Waals surface area contributed by atoms with E-state index in [0.717, 1.165) is 43.5 Å². The number of thiophene rings is 1. The van der Waals surface area contributed by atoms with E-state index in [9.17, 15) is 14.3 Å². The molecule has 9 heteroatoms. The zero-order valence-corrected chi connectivity index (χ0v) is 21.9. The van der Waals surface area contributed by atoms with E-state index in [2.05, 4.69) is 29.4 Å². The second-order valence-corrected chi connectivity index (χ2v) is 10.4. The van der Waals surface area contributed by atoms with E-state index in [1.807, 2.05) is 42.7 Å². The minimum Gasteiger partial charge on any atom is -0.481 e. The standard InChI is InChI=1S/C28H28FN5O2S/c1-5-22(28(35)36)25-26-33-32-17(4)34(26)27-23(15(2)16(3)37-27)24(31-25)19-8-12-21(13-9-19)30-14-18-6-10-20(29)11-7-18/h6-13,22,25,30H,5,14H2,1-4H3,(H,35,36)/t22?,25-/m0/s1. The third kappa shape index (κ3) is 4.55. The topological polar surface area (TPSA) is 92.4 Å². The van der Waals surface area contributed by atoms with Crippen molar-refractivity contribution in [1.82, 2.24) is 14.8 Å². The number of carboxylic acid groups (broad SMARTS) is 1. The highest BCUT2D eigenvalue weighted by Gasteiger charge is 2.37. The van der Waals surface area contributed by atoms with Crippen LogP contribution in [-0.4, -0.2) is 31.6 Å². The van der Waals surface area contributed by atoms with Gasteiger partial charge in [0.05, 0.1) is 11.6 Å². The predicted octanol–water partition coefficient (Wildman–Crippen LogP) is 6.01. The molecule has 2 N–H and O–H groups in total. The van der Waals surface area contributed by atoms with Crippen LogP contribution in [0.3, 0.4) is 0 Å². The van der Waals surface area contributed by atoms with Gasteiger partial charge in [-0.2, -0.15) is 0 Å². The van der Waals surface area contributed by atoms with E-state index in [-0.39, 0.29) is 5.82 Å². The molecule has 1 aliphatic heterocycles. The van der Waals surface area contributed by atoms with Gasteiger partial charge < -0.3 is 10.4 Å². The van der Waals surface area contributed by atoms with Crippen molar-refractivity contribution in [1.29, 1.82) is 0 Å². The first-order valence-corrected chi connectivity index (χ1v) is 13.0. The molecule has 1 aliphatic rings. The monoisotopic (exact) mass is 517 g/mol. The molecule has 190 valence electrons. The largest absolute Gasteiger partial charge is 0.481 e. The van der Waals surface area contributed by atoms with E-state index in [4.69, 9.17) is 4.99 Å². The number of rotatable bonds is 7. The Morgan fingerprint density at radius 2 is 1.81 bits per heavy atom. The summed E-state index contributed by atoms with van der Waals surface area (Å²) in [6.07, 6.45) is 0.417. The molecule has 0 saturated carbocycles. The Labute approximate surface area is 218 Å². The fourth-order valence-electron chi connectivity index (χ4n) is 4.70. The van der Waals surface area contributed by atoms with Gasteiger partial charge in [0.1, 0.15) is 22.7 Å². The number of nitrogens with zero attached hydrogens (tertiary/aromatic N) is 4. The maximum Gasteiger partial charge on any atom is 0.309 e. The Kier molecular flexibility index (Phi) is 6.64. The minimum atomic E-state index is -0.902. The van der Waals surface area contributed by atoms with Crippen LogP contribution in [0.5, 0.6) is 0 Å². The number of benzene rings is 2. The average molecular weight is 518 g/mol. The highest BCUT2D eigenvalue weighted by Crippen LogP contribution is 2.41. The molecular weight excluding hydrogens is 489 g/mol. The summed E-state index contributed by atoms with van der Waals surface area (Å²) in [5.41, 5.74) is 5.66. The van der Waals surface area contributed by atoms with Crippen molar-refractivity contribution in [2.75, 3.05) is 5.32 Å². The maximum atomic E-state index is 13.2. The zero-order chi connectivity index (χ0) is 26.3. The van der Waals surface area contributed by atoms with E-state index in [1.165, 1.54) is 12.1 Å². The van der Waals surface area contributed by atoms with Gasteiger partial charge in [0.15, 0.2) is 5.82 Å². The van der Waals surface area contributed by atoms with Crippen molar-refractivity contribution in [3.05, 3.63) is 93.1 Å². The molecule has 7 nitrogen and oxygen atoms in total. The molecule has 0 saturated heterocycles. The van der Waals surface area contributed by atoms with Crippen molar-refractivity contribution in [3.8, 4) is 5.00 Å². The molecule has 2 atom stereocenters. The summed E-state index contributed by atoms with van der Waals surface area (Å²) in [7, 11) is 0. The van der Waals surface area contributed by atoms with Crippen molar-refractivity contribution in [3.63, 3.8) is 0 Å². The van der Waals surface area contributed by atoms with Crippen LogP contribution in [0.4, 0.5) is 10.1 Å². The number of fused-ring (bicyclic) bond motifs is 3. The summed E-state index contributed by atoms with van der Waals surface area (Å²) in [6, 6.07) is 13.7. The molecule has 0 spiro atoms. The summed E-state index contributed by atoms with van der Waals surface area (Å²) < 4.78 is 15.2. The Morgan fingerprint density at radius 1 is 1.11 bits per heavy atom. The van der Waals surface area contributed by atoms with Crippen LogP contribution in [0.1, 0.15) is 58.2 Å². The van der Waals surface area contributed by atoms with Gasteiger partial charge in [-0.05, 0) is 62.6 Å². The lowest BCUT2D eigenvalue weighted by atomic mass is 9.95. The van der Waals surface area contributed by atoms with E-state index in [0.29, 0.717) is 24.6 Å². The number of anilines is 1. The van der Waals surface area contributed by atoms with Gasteiger partial charge in [-0.15, -0.1) is 21.5 Å². The van der Waals surface area contributed by atoms with Crippen molar-refractivity contribution < 1.29 is 14.3 Å². The molecule has 3 heterocycles. The van der Waals surface area contributed by atoms with Crippen LogP contribution >= 0.6 is 11.3 Å². The molecular formula is C28H28FN5O2S. The fourth-order valence-corrected chi connectivity index (χ4v) is 5.92. The molecule has 2 aromatic carbocycles. The third-order valence-electron chi connectivity index (χ3n) is 6.90. The molecule has 0 aliphatic carbocycles. The quantitative estimate of drug-likeness (QED) is 0.313. The zero-order valence-electron chi connectivity index (χ0n) is 21.1. The second kappa shape index (κ2) is 9.89. The Hall–Kier alpha value is -3.85. The second-order valence-electron chi connectivity index (χ2n) is 9.24. The molecule has 1 unspecified atom stereocenters. The van der Waals surface area contributed by atoms with Crippen LogP contribution in [0.15, 0.2) is 53.5 Å². The Balaban J connectivity index is 1.57. The van der Waals surface area contributed by atoms with Crippen molar-refractivity contribution >= 4 is 28.7 Å². The summed E-state index contributed by atoms with van der Waals surface area (Å²) in [6.45, 7) is 8.47. The number of nitrogens with one attached hydrogen (secondary N) is 1. The fraction of sp³-hybridized carbons (Fsp3) is 0.286. The van der Waals surface area contributed by atoms with E-state index >= 15 is 0 Å². The SMILES string of the molecule is CCC(C(=O)O)[C@@H]1N=C(c2ccc(NCc3ccc(F)cc3)cc2)c2c(sc(C)c2C)-n2c(C)nnc21. The van der Waals surface area contributed by atoms with Crippen LogP contribution in [0.2, 0.25) is 0 Å². The maximum absolute atomic E-state index is 13.2. The van der Waals surface area contributed by atoms with Crippen LogP contribution in [0, 0.1) is 32.5 Å². The molecule has 0 bridgehead atoms. The van der Waals surface area contributed by atoms with Crippen LogP contribution in [-0.2, 0) is 11.3 Å². The lowest BCUT2D eigenvalue weighted by Gasteiger charge is -2.19. The van der Waals surface area contributed by atoms with E-state index < -0.39 is 17.9 Å². The number of aryl methyl sites for hydroxylation is 2. The smallest absolute Gasteiger partial charge is 0.309 e. The lowest BCUT2D eigenvalue weighted by molar-refractivity contribution is -0.142. The Bertz CT molecular complexity index is 1490. The number of hydrogen-bond acceptors (Lipinski definition) is 6.